The van der Waals surface area contributed by atoms with Gasteiger partial charge in [-0.25, -0.2) is 0 Å². The molecule has 1 aliphatic carbocycles. The maximum atomic E-state index is 12.7. The van der Waals surface area contributed by atoms with Gasteiger partial charge in [0.15, 0.2) is 5.96 Å². The molecule has 6 heteroatoms. The Kier molecular flexibility index (Phi) is 6.27. The van der Waals surface area contributed by atoms with E-state index in [1.807, 2.05) is 14.1 Å². The van der Waals surface area contributed by atoms with Gasteiger partial charge in [-0.05, 0) is 43.4 Å². The van der Waals surface area contributed by atoms with Crippen LogP contribution >= 0.6 is 0 Å². The number of carbonyl (C=O) groups excluding carboxylic acids is 1. The average molecular weight is 384 g/mol. The third kappa shape index (κ3) is 4.32. The molecule has 0 spiro atoms. The van der Waals surface area contributed by atoms with Crippen molar-refractivity contribution in [1.29, 1.82) is 0 Å². The molecule has 0 bridgehead atoms. The van der Waals surface area contributed by atoms with Gasteiger partial charge in [-0.2, -0.15) is 0 Å². The van der Waals surface area contributed by atoms with Crippen molar-refractivity contribution in [2.45, 2.75) is 39.0 Å². The molecule has 0 aliphatic heterocycles. The van der Waals surface area contributed by atoms with Crippen LogP contribution in [0.3, 0.4) is 0 Å². The Bertz CT molecular complexity index is 846. The Morgan fingerprint density at radius 3 is 2.68 bits per heavy atom. The van der Waals surface area contributed by atoms with E-state index in [2.05, 4.69) is 51.9 Å². The van der Waals surface area contributed by atoms with Crippen LogP contribution in [0, 0.1) is 12.3 Å². The molecule has 1 aromatic carbocycles. The van der Waals surface area contributed by atoms with Crippen LogP contribution in [0.15, 0.2) is 29.4 Å². The van der Waals surface area contributed by atoms with E-state index in [1.54, 1.807) is 11.9 Å². The van der Waals surface area contributed by atoms with Gasteiger partial charge in [-0.3, -0.25) is 9.79 Å². The lowest BCUT2D eigenvalue weighted by atomic mass is 9.84. The monoisotopic (exact) mass is 383 g/mol. The number of benzene rings is 1. The molecule has 3 rings (SSSR count). The van der Waals surface area contributed by atoms with Gasteiger partial charge < -0.3 is 20.5 Å². The number of guanidine groups is 1. The maximum Gasteiger partial charge on any atom is 0.230 e. The number of aromatic amines is 1. The highest BCUT2D eigenvalue weighted by Gasteiger charge is 2.42. The molecule has 28 heavy (non-hydrogen) atoms. The van der Waals surface area contributed by atoms with Crippen molar-refractivity contribution in [3.8, 4) is 0 Å². The second-order valence-electron chi connectivity index (χ2n) is 8.15. The molecule has 0 radical (unpaired) electrons. The predicted molar refractivity (Wildman–Crippen MR) is 116 cm³/mol. The summed E-state index contributed by atoms with van der Waals surface area (Å²) < 4.78 is 0. The number of hydrogen-bond donors (Lipinski definition) is 3. The highest BCUT2D eigenvalue weighted by Crippen LogP contribution is 2.38. The van der Waals surface area contributed by atoms with E-state index >= 15 is 0 Å². The van der Waals surface area contributed by atoms with Crippen LogP contribution in [0.2, 0.25) is 0 Å². The summed E-state index contributed by atoms with van der Waals surface area (Å²) in [6.45, 7) is 3.53. The zero-order valence-electron chi connectivity index (χ0n) is 17.6. The number of hydrogen-bond acceptors (Lipinski definition) is 2. The summed E-state index contributed by atoms with van der Waals surface area (Å²) in [5.41, 5.74) is 3.45. The molecule has 1 aliphatic rings. The molecule has 0 saturated heterocycles. The first-order valence-electron chi connectivity index (χ1n) is 10.2. The smallest absolute Gasteiger partial charge is 0.230 e. The van der Waals surface area contributed by atoms with Crippen molar-refractivity contribution >= 4 is 22.8 Å². The summed E-state index contributed by atoms with van der Waals surface area (Å²) in [5.74, 6) is 0.982. The zero-order chi connectivity index (χ0) is 20.1. The third-order valence-electron chi connectivity index (χ3n) is 5.85. The molecule has 0 atom stereocenters. The molecule has 2 aromatic rings. The molecule has 1 amide bonds. The molecular weight excluding hydrogens is 350 g/mol. The summed E-state index contributed by atoms with van der Waals surface area (Å²) in [4.78, 5) is 22.1. The number of amides is 1. The van der Waals surface area contributed by atoms with E-state index in [4.69, 9.17) is 0 Å². The van der Waals surface area contributed by atoms with Crippen LogP contribution in [-0.4, -0.2) is 56.0 Å². The SMILES string of the molecule is CN=C(NCCc1c[nH]c2cc(C)ccc12)NCC1(C(=O)N(C)C)CCCC1. The van der Waals surface area contributed by atoms with Gasteiger partial charge in [0.05, 0.1) is 5.41 Å². The molecule has 1 fully saturated rings. The van der Waals surface area contributed by atoms with Crippen molar-refractivity contribution in [3.05, 3.63) is 35.5 Å². The molecular formula is C22H33N5O. The van der Waals surface area contributed by atoms with Gasteiger partial charge in [0.1, 0.15) is 0 Å². The minimum atomic E-state index is -0.296. The Labute approximate surface area is 167 Å². The largest absolute Gasteiger partial charge is 0.361 e. The lowest BCUT2D eigenvalue weighted by molar-refractivity contribution is -0.138. The first-order chi connectivity index (χ1) is 13.4. The molecule has 152 valence electrons. The lowest BCUT2D eigenvalue weighted by Crippen LogP contribution is -2.49. The van der Waals surface area contributed by atoms with E-state index in [-0.39, 0.29) is 11.3 Å². The first-order valence-corrected chi connectivity index (χ1v) is 10.2. The Morgan fingerprint density at radius 2 is 2.00 bits per heavy atom. The van der Waals surface area contributed by atoms with Gasteiger partial charge in [0.25, 0.3) is 0 Å². The van der Waals surface area contributed by atoms with Crippen LogP contribution in [-0.2, 0) is 11.2 Å². The number of fused-ring (bicyclic) bond motifs is 1. The van der Waals surface area contributed by atoms with Gasteiger partial charge in [-0.15, -0.1) is 0 Å². The molecule has 0 unspecified atom stereocenters. The van der Waals surface area contributed by atoms with Crippen molar-refractivity contribution in [2.24, 2.45) is 10.4 Å². The Balaban J connectivity index is 1.55. The van der Waals surface area contributed by atoms with E-state index < -0.39 is 0 Å². The number of nitrogens with zero attached hydrogens (tertiary/aromatic N) is 2. The lowest BCUT2D eigenvalue weighted by Gasteiger charge is -2.31. The average Bonchev–Trinajstić information content (AvgIpc) is 3.31. The minimum Gasteiger partial charge on any atom is -0.361 e. The van der Waals surface area contributed by atoms with Gasteiger partial charge in [-0.1, -0.05) is 25.0 Å². The fourth-order valence-corrected chi connectivity index (χ4v) is 4.29. The summed E-state index contributed by atoms with van der Waals surface area (Å²) in [6.07, 6.45) is 7.13. The number of nitrogens with one attached hydrogen (secondary N) is 3. The quantitative estimate of drug-likeness (QED) is 0.531. The van der Waals surface area contributed by atoms with E-state index in [0.717, 1.165) is 44.6 Å². The third-order valence-corrected chi connectivity index (χ3v) is 5.85. The number of H-pyrrole nitrogens is 1. The van der Waals surface area contributed by atoms with E-state index in [9.17, 15) is 4.79 Å². The molecule has 1 saturated carbocycles. The van der Waals surface area contributed by atoms with Crippen molar-refractivity contribution < 1.29 is 4.79 Å². The van der Waals surface area contributed by atoms with E-state index in [1.165, 1.54) is 22.0 Å². The van der Waals surface area contributed by atoms with Crippen molar-refractivity contribution in [2.75, 3.05) is 34.2 Å². The number of rotatable bonds is 6. The summed E-state index contributed by atoms with van der Waals surface area (Å²) in [7, 11) is 5.47. The number of aliphatic imine (C=N–C) groups is 1. The normalized spacial score (nSPS) is 16.4. The zero-order valence-corrected chi connectivity index (χ0v) is 17.6. The molecule has 3 N–H and O–H groups in total. The van der Waals surface area contributed by atoms with Gasteiger partial charge >= 0.3 is 0 Å². The summed E-state index contributed by atoms with van der Waals surface area (Å²) in [5, 5.41) is 8.06. The first kappa shape index (κ1) is 20.2. The second-order valence-corrected chi connectivity index (χ2v) is 8.15. The number of aromatic nitrogens is 1. The summed E-state index contributed by atoms with van der Waals surface area (Å²) >= 11 is 0. The minimum absolute atomic E-state index is 0.224. The molecule has 6 nitrogen and oxygen atoms in total. The second kappa shape index (κ2) is 8.67. The summed E-state index contributed by atoms with van der Waals surface area (Å²) in [6, 6.07) is 6.51. The Hall–Kier alpha value is -2.50. The van der Waals surface area contributed by atoms with Crippen LogP contribution < -0.4 is 10.6 Å². The van der Waals surface area contributed by atoms with Crippen molar-refractivity contribution in [3.63, 3.8) is 0 Å². The molecule has 1 aromatic heterocycles. The van der Waals surface area contributed by atoms with Gasteiger partial charge in [0, 0.05) is 51.3 Å². The number of carbonyl (C=O) groups is 1. The van der Waals surface area contributed by atoms with Crippen molar-refractivity contribution in [1.82, 2.24) is 20.5 Å². The Morgan fingerprint density at radius 1 is 1.25 bits per heavy atom. The fraction of sp³-hybridized carbons (Fsp3) is 0.545. The van der Waals surface area contributed by atoms with Crippen LogP contribution in [0.5, 0.6) is 0 Å². The van der Waals surface area contributed by atoms with Gasteiger partial charge in [0.2, 0.25) is 5.91 Å². The predicted octanol–water partition coefficient (Wildman–Crippen LogP) is 2.83. The topological polar surface area (TPSA) is 72.5 Å². The standard InChI is InChI=1S/C22H33N5O/c1-16-7-8-18-17(14-25-19(18)13-16)9-12-24-21(23-2)26-15-22(10-5-6-11-22)20(28)27(3)4/h7-8,13-14,25H,5-6,9-12,15H2,1-4H3,(H2,23,24,26). The highest BCUT2D eigenvalue weighted by atomic mass is 16.2. The fourth-order valence-electron chi connectivity index (χ4n) is 4.29. The number of aryl methyl sites for hydroxylation is 1. The van der Waals surface area contributed by atoms with Crippen LogP contribution in [0.4, 0.5) is 0 Å². The maximum absolute atomic E-state index is 12.7. The van der Waals surface area contributed by atoms with Crippen LogP contribution in [0.1, 0.15) is 36.8 Å². The highest BCUT2D eigenvalue weighted by molar-refractivity contribution is 5.85. The van der Waals surface area contributed by atoms with Crippen LogP contribution in [0.25, 0.3) is 10.9 Å². The molecule has 1 heterocycles. The van der Waals surface area contributed by atoms with E-state index in [0.29, 0.717) is 6.54 Å².